The Labute approximate surface area is 213 Å². The van der Waals surface area contributed by atoms with E-state index in [4.69, 9.17) is 16.3 Å². The van der Waals surface area contributed by atoms with Crippen molar-refractivity contribution in [1.29, 1.82) is 0 Å². The molecular weight excluding hydrogens is 458 g/mol. The average molecular weight is 492 g/mol. The maximum absolute atomic E-state index is 13.5. The molecule has 35 heavy (non-hydrogen) atoms. The summed E-state index contributed by atoms with van der Waals surface area (Å²) in [6.45, 7) is 6.86. The molecule has 4 rings (SSSR count). The molecule has 3 aromatic rings. The van der Waals surface area contributed by atoms with Gasteiger partial charge in [0.1, 0.15) is 0 Å². The SMILES string of the molecule is COc1cc2c(cc1O)C(c1ccc(Cl)cc1)N(c1ccc(CCC(C)CC(C)C)cc1)C(=O)C2. The monoisotopic (exact) mass is 491 g/mol. The van der Waals surface area contributed by atoms with E-state index in [1.165, 1.54) is 19.1 Å². The Balaban J connectivity index is 1.68. The molecule has 3 aromatic carbocycles. The molecule has 4 nitrogen and oxygen atoms in total. The first-order chi connectivity index (χ1) is 16.8. The summed E-state index contributed by atoms with van der Waals surface area (Å²) in [5, 5.41) is 11.2. The number of phenols is 1. The molecule has 0 aromatic heterocycles. The third-order valence-corrected chi connectivity index (χ3v) is 7.06. The van der Waals surface area contributed by atoms with Gasteiger partial charge >= 0.3 is 0 Å². The number of phenolic OH excluding ortho intramolecular Hbond substituents is 1. The van der Waals surface area contributed by atoms with Crippen molar-refractivity contribution in [3.63, 3.8) is 0 Å². The maximum atomic E-state index is 13.5. The Hall–Kier alpha value is -2.98. The van der Waals surface area contributed by atoms with Crippen molar-refractivity contribution < 1.29 is 14.6 Å². The van der Waals surface area contributed by atoms with Crippen molar-refractivity contribution in [3.05, 3.63) is 87.9 Å². The summed E-state index contributed by atoms with van der Waals surface area (Å²) in [6.07, 6.45) is 3.66. The van der Waals surface area contributed by atoms with Gasteiger partial charge in [0.25, 0.3) is 0 Å². The molecule has 1 amide bonds. The number of carbonyl (C=O) groups is 1. The minimum atomic E-state index is -0.378. The zero-order valence-electron chi connectivity index (χ0n) is 20.9. The number of fused-ring (bicyclic) bond motifs is 1. The van der Waals surface area contributed by atoms with Gasteiger partial charge in [-0.1, -0.05) is 56.6 Å². The van der Waals surface area contributed by atoms with Crippen molar-refractivity contribution in [2.45, 2.75) is 52.5 Å². The van der Waals surface area contributed by atoms with Crippen molar-refractivity contribution in [2.24, 2.45) is 11.8 Å². The molecule has 2 atom stereocenters. The molecule has 5 heteroatoms. The molecule has 1 heterocycles. The second-order valence-electron chi connectivity index (χ2n) is 10.1. The van der Waals surface area contributed by atoms with Crippen molar-refractivity contribution in [1.82, 2.24) is 0 Å². The zero-order valence-corrected chi connectivity index (χ0v) is 21.7. The number of anilines is 1. The number of nitrogens with zero attached hydrogens (tertiary/aromatic N) is 1. The highest BCUT2D eigenvalue weighted by molar-refractivity contribution is 6.30. The van der Waals surface area contributed by atoms with Crippen LogP contribution in [0.25, 0.3) is 0 Å². The van der Waals surface area contributed by atoms with Gasteiger partial charge in [-0.25, -0.2) is 0 Å². The maximum Gasteiger partial charge on any atom is 0.232 e. The van der Waals surface area contributed by atoms with Gasteiger partial charge in [-0.05, 0) is 89.8 Å². The molecule has 0 spiro atoms. The van der Waals surface area contributed by atoms with Crippen LogP contribution in [-0.4, -0.2) is 18.1 Å². The van der Waals surface area contributed by atoms with Crippen LogP contribution in [-0.2, 0) is 17.6 Å². The topological polar surface area (TPSA) is 49.8 Å². The molecule has 1 aliphatic heterocycles. The minimum Gasteiger partial charge on any atom is -0.504 e. The lowest BCUT2D eigenvalue weighted by atomic mass is 9.86. The van der Waals surface area contributed by atoms with Crippen LogP contribution >= 0.6 is 11.6 Å². The lowest BCUT2D eigenvalue weighted by Gasteiger charge is -2.38. The van der Waals surface area contributed by atoms with Gasteiger partial charge in [0.2, 0.25) is 5.91 Å². The molecule has 0 bridgehead atoms. The number of aromatic hydroxyl groups is 1. The number of hydrogen-bond acceptors (Lipinski definition) is 3. The van der Waals surface area contributed by atoms with Gasteiger partial charge in [-0.15, -0.1) is 0 Å². The molecule has 0 fully saturated rings. The van der Waals surface area contributed by atoms with E-state index in [1.54, 1.807) is 12.1 Å². The van der Waals surface area contributed by atoms with E-state index in [1.807, 2.05) is 41.3 Å². The van der Waals surface area contributed by atoms with Crippen molar-refractivity contribution >= 4 is 23.2 Å². The van der Waals surface area contributed by atoms with Gasteiger partial charge in [0.15, 0.2) is 11.5 Å². The molecule has 0 radical (unpaired) electrons. The fourth-order valence-electron chi connectivity index (χ4n) is 5.15. The fraction of sp³-hybridized carbons (Fsp3) is 0.367. The lowest BCUT2D eigenvalue weighted by Crippen LogP contribution is -2.41. The predicted molar refractivity (Wildman–Crippen MR) is 143 cm³/mol. The Kier molecular flexibility index (Phi) is 7.71. The van der Waals surface area contributed by atoms with E-state index in [0.717, 1.165) is 35.2 Å². The third kappa shape index (κ3) is 5.65. The summed E-state index contributed by atoms with van der Waals surface area (Å²) in [6, 6.07) is 19.0. The molecule has 0 saturated carbocycles. The number of aryl methyl sites for hydroxylation is 1. The number of ether oxygens (including phenoxy) is 1. The Morgan fingerprint density at radius 2 is 1.74 bits per heavy atom. The fourth-order valence-corrected chi connectivity index (χ4v) is 5.28. The standard InChI is InChI=1S/C30H34ClNO3/c1-19(2)15-20(3)5-6-21-7-13-25(14-8-21)32-29(34)17-23-16-28(35-4)27(33)18-26(23)30(32)22-9-11-24(31)12-10-22/h7-14,16,18-20,30,33H,5-6,15,17H2,1-4H3. The summed E-state index contributed by atoms with van der Waals surface area (Å²) in [4.78, 5) is 15.3. The molecule has 184 valence electrons. The van der Waals surface area contributed by atoms with Crippen LogP contribution in [0.1, 0.15) is 61.9 Å². The first-order valence-corrected chi connectivity index (χ1v) is 12.7. The van der Waals surface area contributed by atoms with E-state index in [9.17, 15) is 9.90 Å². The minimum absolute atomic E-state index is 0.00324. The van der Waals surface area contributed by atoms with E-state index in [0.29, 0.717) is 22.6 Å². The van der Waals surface area contributed by atoms with E-state index in [2.05, 4.69) is 32.9 Å². The zero-order chi connectivity index (χ0) is 25.1. The van der Waals surface area contributed by atoms with Gasteiger partial charge in [-0.2, -0.15) is 0 Å². The number of amides is 1. The molecular formula is C30H34ClNO3. The van der Waals surface area contributed by atoms with Crippen LogP contribution in [0.2, 0.25) is 5.02 Å². The average Bonchev–Trinajstić information content (AvgIpc) is 2.82. The second kappa shape index (κ2) is 10.7. The first kappa shape index (κ1) is 25.1. The quantitative estimate of drug-likeness (QED) is 0.358. The number of rotatable bonds is 8. The summed E-state index contributed by atoms with van der Waals surface area (Å²) in [5.74, 6) is 1.84. The van der Waals surface area contributed by atoms with Crippen molar-refractivity contribution in [3.8, 4) is 11.5 Å². The van der Waals surface area contributed by atoms with E-state index < -0.39 is 0 Å². The highest BCUT2D eigenvalue weighted by Gasteiger charge is 2.35. The van der Waals surface area contributed by atoms with Gasteiger partial charge in [0, 0.05) is 10.7 Å². The molecule has 0 aliphatic carbocycles. The first-order valence-electron chi connectivity index (χ1n) is 12.3. The second-order valence-corrected chi connectivity index (χ2v) is 10.5. The van der Waals surface area contributed by atoms with E-state index in [-0.39, 0.29) is 24.1 Å². The highest BCUT2D eigenvalue weighted by Crippen LogP contribution is 2.43. The summed E-state index contributed by atoms with van der Waals surface area (Å²) >= 11 is 6.16. The van der Waals surface area contributed by atoms with Gasteiger partial charge in [0.05, 0.1) is 19.6 Å². The summed E-state index contributed by atoms with van der Waals surface area (Å²) < 4.78 is 5.30. The Bertz CT molecular complexity index is 1170. The van der Waals surface area contributed by atoms with Gasteiger partial charge in [-0.3, -0.25) is 4.79 Å². The summed E-state index contributed by atoms with van der Waals surface area (Å²) in [7, 11) is 1.51. The normalized spacial score (nSPS) is 16.3. The Morgan fingerprint density at radius 1 is 1.06 bits per heavy atom. The van der Waals surface area contributed by atoms with Crippen LogP contribution in [0.15, 0.2) is 60.7 Å². The van der Waals surface area contributed by atoms with E-state index >= 15 is 0 Å². The number of halogens is 1. The van der Waals surface area contributed by atoms with Gasteiger partial charge < -0.3 is 14.7 Å². The molecule has 0 saturated heterocycles. The van der Waals surface area contributed by atoms with Crippen LogP contribution in [0.4, 0.5) is 5.69 Å². The van der Waals surface area contributed by atoms with Crippen molar-refractivity contribution in [2.75, 3.05) is 12.0 Å². The predicted octanol–water partition coefficient (Wildman–Crippen LogP) is 7.35. The highest BCUT2D eigenvalue weighted by atomic mass is 35.5. The van der Waals surface area contributed by atoms with Crippen LogP contribution in [0, 0.1) is 11.8 Å². The van der Waals surface area contributed by atoms with Crippen LogP contribution in [0.3, 0.4) is 0 Å². The molecule has 2 unspecified atom stereocenters. The van der Waals surface area contributed by atoms with Crippen LogP contribution < -0.4 is 9.64 Å². The number of methoxy groups -OCH3 is 1. The Morgan fingerprint density at radius 3 is 2.37 bits per heavy atom. The molecule has 1 aliphatic rings. The smallest absolute Gasteiger partial charge is 0.232 e. The third-order valence-electron chi connectivity index (χ3n) is 6.80. The number of benzene rings is 3. The largest absolute Gasteiger partial charge is 0.504 e. The lowest BCUT2D eigenvalue weighted by molar-refractivity contribution is -0.118. The number of carbonyl (C=O) groups excluding carboxylic acids is 1. The number of hydrogen-bond donors (Lipinski definition) is 1. The molecule has 1 N–H and O–H groups in total. The van der Waals surface area contributed by atoms with Crippen LogP contribution in [0.5, 0.6) is 11.5 Å². The summed E-state index contributed by atoms with van der Waals surface area (Å²) in [5.41, 5.74) is 4.79.